The van der Waals surface area contributed by atoms with Gasteiger partial charge in [0.2, 0.25) is 5.78 Å². The number of Topliss-reactive ketones (excluding diaryl/α,β-unsaturated/α-hetero) is 1. The van der Waals surface area contributed by atoms with Crippen molar-refractivity contribution in [2.24, 2.45) is 0 Å². The summed E-state index contributed by atoms with van der Waals surface area (Å²) in [5.41, 5.74) is 1.95. The van der Waals surface area contributed by atoms with Crippen LogP contribution in [-0.4, -0.2) is 37.0 Å². The number of carbonyl (C=O) groups excluding carboxylic acids is 2. The fourth-order valence-corrected chi connectivity index (χ4v) is 5.39. The Balaban J connectivity index is 1.40. The van der Waals surface area contributed by atoms with Gasteiger partial charge in [0.05, 0.1) is 12.7 Å². The minimum absolute atomic E-state index is 0.00516. The van der Waals surface area contributed by atoms with Gasteiger partial charge in [0.25, 0.3) is 5.91 Å². The van der Waals surface area contributed by atoms with Gasteiger partial charge in [-0.2, -0.15) is 0 Å². The van der Waals surface area contributed by atoms with Crippen LogP contribution in [0.5, 0.6) is 5.75 Å². The Bertz CT molecular complexity index is 1560. The summed E-state index contributed by atoms with van der Waals surface area (Å²) in [6.45, 7) is 3.79. The SMILES string of the molecule is COc1cccc2cc(C(=O)C3=C(O)C(=O)N(c4ccc(N5CCCCC5)cc4)C3c3ccc(C)o3)oc12. The number of hydrogen-bond acceptors (Lipinski definition) is 7. The van der Waals surface area contributed by atoms with E-state index in [1.54, 1.807) is 43.3 Å². The van der Waals surface area contributed by atoms with Gasteiger partial charge in [-0.15, -0.1) is 0 Å². The molecule has 2 aromatic carbocycles. The molecule has 2 aliphatic heterocycles. The predicted molar refractivity (Wildman–Crippen MR) is 143 cm³/mol. The van der Waals surface area contributed by atoms with Gasteiger partial charge in [0.15, 0.2) is 22.9 Å². The lowest BCUT2D eigenvalue weighted by Crippen LogP contribution is -2.31. The third kappa shape index (κ3) is 3.93. The summed E-state index contributed by atoms with van der Waals surface area (Å²) in [5.74, 6) is -0.421. The van der Waals surface area contributed by atoms with Crippen LogP contribution in [0.15, 0.2) is 80.8 Å². The Labute approximate surface area is 219 Å². The first-order valence-corrected chi connectivity index (χ1v) is 12.8. The fraction of sp³-hybridized carbons (Fsp3) is 0.267. The average Bonchev–Trinajstić information content (AvgIpc) is 3.65. The van der Waals surface area contributed by atoms with E-state index >= 15 is 0 Å². The second-order valence-corrected chi connectivity index (χ2v) is 9.67. The summed E-state index contributed by atoms with van der Waals surface area (Å²) in [6, 6.07) is 17.1. The molecule has 2 aliphatic rings. The molecule has 194 valence electrons. The first kappa shape index (κ1) is 23.9. The normalized spacial score (nSPS) is 18.1. The molecule has 0 saturated carbocycles. The van der Waals surface area contributed by atoms with E-state index in [-0.39, 0.29) is 11.3 Å². The quantitative estimate of drug-likeness (QED) is 0.311. The van der Waals surface area contributed by atoms with Crippen molar-refractivity contribution in [2.45, 2.75) is 32.2 Å². The van der Waals surface area contributed by atoms with Crippen LogP contribution in [-0.2, 0) is 4.79 Å². The molecule has 0 spiro atoms. The highest BCUT2D eigenvalue weighted by Gasteiger charge is 2.47. The molecule has 1 N–H and O–H groups in total. The van der Waals surface area contributed by atoms with E-state index in [0.717, 1.165) is 31.6 Å². The number of amides is 1. The van der Waals surface area contributed by atoms with Crippen LogP contribution in [0.25, 0.3) is 11.0 Å². The monoisotopic (exact) mass is 512 g/mol. The van der Waals surface area contributed by atoms with Gasteiger partial charge >= 0.3 is 0 Å². The summed E-state index contributed by atoms with van der Waals surface area (Å²) in [6.07, 6.45) is 3.55. The zero-order chi connectivity index (χ0) is 26.4. The van der Waals surface area contributed by atoms with Gasteiger partial charge in [0.1, 0.15) is 17.6 Å². The molecule has 8 nitrogen and oxygen atoms in total. The molecular weight excluding hydrogens is 484 g/mol. The molecule has 4 aromatic rings. The highest BCUT2D eigenvalue weighted by Crippen LogP contribution is 2.43. The van der Waals surface area contributed by atoms with Gasteiger partial charge < -0.3 is 23.6 Å². The number of anilines is 2. The maximum Gasteiger partial charge on any atom is 0.294 e. The van der Waals surface area contributed by atoms with Gasteiger partial charge in [-0.3, -0.25) is 14.5 Å². The Morgan fingerprint density at radius 1 is 0.974 bits per heavy atom. The molecule has 2 aromatic heterocycles. The van der Waals surface area contributed by atoms with Gasteiger partial charge in [-0.25, -0.2) is 0 Å². The van der Waals surface area contributed by atoms with E-state index in [0.29, 0.717) is 33.9 Å². The number of benzene rings is 2. The van der Waals surface area contributed by atoms with Crippen molar-refractivity contribution < 1.29 is 28.3 Å². The summed E-state index contributed by atoms with van der Waals surface area (Å²) in [5, 5.41) is 11.7. The Kier molecular flexibility index (Phi) is 5.94. The van der Waals surface area contributed by atoms with Crippen LogP contribution < -0.4 is 14.5 Å². The molecule has 1 saturated heterocycles. The van der Waals surface area contributed by atoms with Gasteiger partial charge in [-0.1, -0.05) is 12.1 Å². The Morgan fingerprint density at radius 2 is 1.71 bits per heavy atom. The molecule has 1 unspecified atom stereocenters. The highest BCUT2D eigenvalue weighted by molar-refractivity contribution is 6.20. The van der Waals surface area contributed by atoms with Crippen molar-refractivity contribution >= 4 is 34.0 Å². The third-order valence-electron chi connectivity index (χ3n) is 7.28. The molecule has 0 bridgehead atoms. The zero-order valence-electron chi connectivity index (χ0n) is 21.3. The standard InChI is InChI=1S/C30H28N2O6/c1-18-9-14-22(37-18)26-25(27(33)24-17-19-7-6-8-23(36-2)29(19)38-24)28(34)30(35)32(26)21-12-10-20(11-13-21)31-15-4-3-5-16-31/h6-14,17,26,34H,3-5,15-16H2,1-2H3. The van der Waals surface area contributed by atoms with E-state index < -0.39 is 23.5 Å². The highest BCUT2D eigenvalue weighted by atomic mass is 16.5. The third-order valence-corrected chi connectivity index (χ3v) is 7.28. The summed E-state index contributed by atoms with van der Waals surface area (Å²) < 4.78 is 17.1. The van der Waals surface area contributed by atoms with Crippen molar-refractivity contribution in [3.05, 3.63) is 89.3 Å². The number of hydrogen-bond donors (Lipinski definition) is 1. The minimum Gasteiger partial charge on any atom is -0.503 e. The largest absolute Gasteiger partial charge is 0.503 e. The molecule has 38 heavy (non-hydrogen) atoms. The minimum atomic E-state index is -0.959. The number of aryl methyl sites for hydroxylation is 1. The number of ether oxygens (including phenoxy) is 1. The van der Waals surface area contributed by atoms with Crippen LogP contribution in [0.3, 0.4) is 0 Å². The number of rotatable bonds is 6. The average molecular weight is 513 g/mol. The van der Waals surface area contributed by atoms with Crippen molar-refractivity contribution in [2.75, 3.05) is 30.0 Å². The van der Waals surface area contributed by atoms with Crippen LogP contribution >= 0.6 is 0 Å². The number of furan rings is 2. The number of nitrogens with zero attached hydrogens (tertiary/aromatic N) is 2. The number of piperidine rings is 1. The predicted octanol–water partition coefficient (Wildman–Crippen LogP) is 6.12. The van der Waals surface area contributed by atoms with E-state index in [1.165, 1.54) is 18.4 Å². The fourth-order valence-electron chi connectivity index (χ4n) is 5.39. The number of aliphatic hydroxyl groups excluding tert-OH is 1. The number of fused-ring (bicyclic) bond motifs is 1. The van der Waals surface area contributed by atoms with E-state index in [1.807, 2.05) is 24.3 Å². The molecule has 1 atom stereocenters. The number of carbonyl (C=O) groups is 2. The van der Waals surface area contributed by atoms with Crippen molar-refractivity contribution in [3.63, 3.8) is 0 Å². The summed E-state index contributed by atoms with van der Waals surface area (Å²) in [7, 11) is 1.52. The van der Waals surface area contributed by atoms with E-state index in [4.69, 9.17) is 13.6 Å². The molecular formula is C30H28N2O6. The number of aliphatic hydroxyl groups is 1. The zero-order valence-corrected chi connectivity index (χ0v) is 21.3. The second-order valence-electron chi connectivity index (χ2n) is 9.67. The molecule has 0 aliphatic carbocycles. The van der Waals surface area contributed by atoms with Gasteiger partial charge in [-0.05, 0) is 74.7 Å². The second kappa shape index (κ2) is 9.45. The molecule has 6 rings (SSSR count). The van der Waals surface area contributed by atoms with Gasteiger partial charge in [0, 0.05) is 29.9 Å². The van der Waals surface area contributed by atoms with Crippen LogP contribution in [0.2, 0.25) is 0 Å². The lowest BCUT2D eigenvalue weighted by molar-refractivity contribution is -0.117. The lowest BCUT2D eigenvalue weighted by Gasteiger charge is -2.30. The number of ketones is 1. The lowest BCUT2D eigenvalue weighted by atomic mass is 9.99. The van der Waals surface area contributed by atoms with Crippen LogP contribution in [0.1, 0.15) is 47.4 Å². The van der Waals surface area contributed by atoms with Crippen molar-refractivity contribution in [1.82, 2.24) is 0 Å². The Morgan fingerprint density at radius 3 is 2.39 bits per heavy atom. The van der Waals surface area contributed by atoms with E-state index in [2.05, 4.69) is 4.90 Å². The Hall–Kier alpha value is -4.46. The molecule has 1 fully saturated rings. The van der Waals surface area contributed by atoms with E-state index in [9.17, 15) is 14.7 Å². The smallest absolute Gasteiger partial charge is 0.294 e. The maximum atomic E-state index is 13.8. The first-order valence-electron chi connectivity index (χ1n) is 12.8. The maximum absolute atomic E-state index is 13.8. The molecule has 8 heteroatoms. The molecule has 0 radical (unpaired) electrons. The first-order chi connectivity index (χ1) is 18.5. The van der Waals surface area contributed by atoms with Crippen molar-refractivity contribution in [1.29, 1.82) is 0 Å². The number of methoxy groups -OCH3 is 1. The topological polar surface area (TPSA) is 96.4 Å². The molecule has 4 heterocycles. The van der Waals surface area contributed by atoms with Crippen LogP contribution in [0, 0.1) is 6.92 Å². The molecule has 1 amide bonds. The number of para-hydroxylation sites is 1. The summed E-state index contributed by atoms with van der Waals surface area (Å²) >= 11 is 0. The van der Waals surface area contributed by atoms with Crippen LogP contribution in [0.4, 0.5) is 11.4 Å². The summed E-state index contributed by atoms with van der Waals surface area (Å²) in [4.78, 5) is 31.0. The van der Waals surface area contributed by atoms with Crippen molar-refractivity contribution in [3.8, 4) is 5.75 Å².